The summed E-state index contributed by atoms with van der Waals surface area (Å²) in [6.07, 6.45) is 39.9. The van der Waals surface area contributed by atoms with Crippen molar-refractivity contribution in [1.29, 1.82) is 0 Å². The fourth-order valence-corrected chi connectivity index (χ4v) is 7.78. The summed E-state index contributed by atoms with van der Waals surface area (Å²) in [5, 5.41) is 30.7. The summed E-state index contributed by atoms with van der Waals surface area (Å²) < 4.78 is 59.2. The third kappa shape index (κ3) is 33.6. The number of esters is 1. The Bertz CT molecular complexity index is 1270. The normalized spacial score (nSPS) is 20.4. The molecule has 0 radical (unpaired) electrons. The van der Waals surface area contributed by atoms with Crippen LogP contribution in [0.1, 0.15) is 194 Å². The van der Waals surface area contributed by atoms with E-state index in [1.165, 1.54) is 96.3 Å². The van der Waals surface area contributed by atoms with Gasteiger partial charge in [-0.3, -0.25) is 9.35 Å². The van der Waals surface area contributed by atoms with Crippen molar-refractivity contribution >= 4 is 16.4 Å². The van der Waals surface area contributed by atoms with Gasteiger partial charge in [0.05, 0.1) is 19.8 Å². The van der Waals surface area contributed by atoms with E-state index in [2.05, 4.69) is 66.6 Å². The standard InChI is InChI=1S/C49H88O12S/c1-3-5-7-9-11-13-15-17-19-21-23-25-27-29-31-33-35-37-39-57-41-43(42-58-49-47(53)48(61-62(54,55)56)46(52)44(40-50)60-49)59-45(51)38-36-34-32-30-28-26-24-22-20-18-16-14-12-10-8-6-4-2/h5,7,11,13,17-20,43-44,46-50,52-53H,3-4,6,8-10,12,14-16,21-42H2,1-2H3,(H,54,55,56)/b7-5-,13-11-,19-17-,20-18-. The van der Waals surface area contributed by atoms with E-state index in [1.807, 2.05) is 0 Å². The van der Waals surface area contributed by atoms with Crippen LogP contribution in [0.25, 0.3) is 0 Å². The van der Waals surface area contributed by atoms with Crippen LogP contribution in [0.4, 0.5) is 0 Å². The number of carbonyl (C=O) groups excluding carboxylic acids is 1. The largest absolute Gasteiger partial charge is 0.457 e. The Morgan fingerprint density at radius 3 is 1.65 bits per heavy atom. The van der Waals surface area contributed by atoms with Gasteiger partial charge in [0.15, 0.2) is 6.29 Å². The second-order valence-electron chi connectivity index (χ2n) is 16.7. The van der Waals surface area contributed by atoms with E-state index in [0.717, 1.165) is 70.6 Å². The lowest BCUT2D eigenvalue weighted by molar-refractivity contribution is -0.301. The molecule has 0 spiro atoms. The van der Waals surface area contributed by atoms with Crippen LogP contribution in [0, 0.1) is 0 Å². The van der Waals surface area contributed by atoms with Crippen LogP contribution in [0.3, 0.4) is 0 Å². The highest BCUT2D eigenvalue weighted by atomic mass is 32.3. The zero-order chi connectivity index (χ0) is 45.4. The monoisotopic (exact) mass is 901 g/mol. The zero-order valence-corrected chi connectivity index (χ0v) is 39.5. The number of rotatable bonds is 42. The average Bonchev–Trinajstić information content (AvgIpc) is 3.24. The number of allylic oxidation sites excluding steroid dienone is 8. The molecule has 62 heavy (non-hydrogen) atoms. The summed E-state index contributed by atoms with van der Waals surface area (Å²) in [5.74, 6) is -0.407. The molecular weight excluding hydrogens is 813 g/mol. The summed E-state index contributed by atoms with van der Waals surface area (Å²) in [5.41, 5.74) is 0. The molecule has 0 aromatic carbocycles. The van der Waals surface area contributed by atoms with E-state index >= 15 is 0 Å². The van der Waals surface area contributed by atoms with Gasteiger partial charge in [-0.1, -0.05) is 165 Å². The second-order valence-corrected chi connectivity index (χ2v) is 17.7. The van der Waals surface area contributed by atoms with Gasteiger partial charge in [0.25, 0.3) is 0 Å². The first kappa shape index (κ1) is 58.1. The van der Waals surface area contributed by atoms with Crippen LogP contribution in [-0.2, 0) is 38.3 Å². The molecule has 1 rings (SSSR count). The Labute approximate surface area is 376 Å². The first-order chi connectivity index (χ1) is 30.1. The zero-order valence-electron chi connectivity index (χ0n) is 38.7. The Morgan fingerprint density at radius 1 is 0.629 bits per heavy atom. The number of carbonyl (C=O) groups is 1. The molecule has 1 heterocycles. The molecule has 362 valence electrons. The number of hydrogen-bond acceptors (Lipinski definition) is 11. The molecule has 6 atom stereocenters. The Kier molecular flexibility index (Phi) is 38.0. The average molecular weight is 901 g/mol. The van der Waals surface area contributed by atoms with Gasteiger partial charge in [-0.15, -0.1) is 0 Å². The lowest BCUT2D eigenvalue weighted by Crippen LogP contribution is -2.60. The molecule has 13 heteroatoms. The molecule has 0 bridgehead atoms. The fourth-order valence-electron chi connectivity index (χ4n) is 7.27. The molecule has 4 N–H and O–H groups in total. The maximum absolute atomic E-state index is 12.9. The molecule has 1 saturated heterocycles. The predicted molar refractivity (Wildman–Crippen MR) is 248 cm³/mol. The highest BCUT2D eigenvalue weighted by Crippen LogP contribution is 2.26. The highest BCUT2D eigenvalue weighted by molar-refractivity contribution is 7.80. The number of hydrogen-bond donors (Lipinski definition) is 4. The third-order valence-electron chi connectivity index (χ3n) is 10.9. The Morgan fingerprint density at radius 2 is 1.11 bits per heavy atom. The van der Waals surface area contributed by atoms with Crippen LogP contribution in [0.15, 0.2) is 48.6 Å². The van der Waals surface area contributed by atoms with Crippen molar-refractivity contribution < 1.29 is 56.2 Å². The van der Waals surface area contributed by atoms with Gasteiger partial charge in [-0.2, -0.15) is 8.42 Å². The van der Waals surface area contributed by atoms with Crippen molar-refractivity contribution in [3.8, 4) is 0 Å². The molecule has 1 fully saturated rings. The molecule has 0 saturated carbocycles. The minimum Gasteiger partial charge on any atom is -0.457 e. The van der Waals surface area contributed by atoms with Crippen LogP contribution in [0.2, 0.25) is 0 Å². The third-order valence-corrected chi connectivity index (χ3v) is 11.4. The van der Waals surface area contributed by atoms with E-state index < -0.39 is 59.8 Å². The maximum atomic E-state index is 12.9. The number of aliphatic hydroxyl groups is 3. The number of ether oxygens (including phenoxy) is 4. The molecule has 0 aliphatic carbocycles. The Hall–Kier alpha value is -1.94. The maximum Gasteiger partial charge on any atom is 0.397 e. The van der Waals surface area contributed by atoms with Crippen LogP contribution in [0.5, 0.6) is 0 Å². The minimum atomic E-state index is -5.07. The topological polar surface area (TPSA) is 178 Å². The molecule has 1 aliphatic heterocycles. The molecule has 0 aromatic heterocycles. The van der Waals surface area contributed by atoms with Crippen LogP contribution >= 0.6 is 0 Å². The van der Waals surface area contributed by atoms with E-state index in [0.29, 0.717) is 13.0 Å². The van der Waals surface area contributed by atoms with Gasteiger partial charge in [0.2, 0.25) is 0 Å². The van der Waals surface area contributed by atoms with Crippen molar-refractivity contribution in [2.45, 2.75) is 230 Å². The smallest absolute Gasteiger partial charge is 0.397 e. The number of unbranched alkanes of at least 4 members (excludes halogenated alkanes) is 21. The second kappa shape index (κ2) is 40.6. The van der Waals surface area contributed by atoms with Crippen molar-refractivity contribution in [2.24, 2.45) is 0 Å². The van der Waals surface area contributed by atoms with Crippen molar-refractivity contribution in [3.63, 3.8) is 0 Å². The molecule has 1 aliphatic rings. The van der Waals surface area contributed by atoms with Gasteiger partial charge in [-0.05, 0) is 70.6 Å². The highest BCUT2D eigenvalue weighted by Gasteiger charge is 2.48. The SMILES string of the molecule is CC/C=C\C/C=C\C/C=C\CCCCCCCCCCOCC(COC1OC(CO)C(O)C(OS(=O)(=O)O)C1O)OC(=O)CCCCCCCCC/C=C\CCCCCCCC. The predicted octanol–water partition coefficient (Wildman–Crippen LogP) is 10.7. The summed E-state index contributed by atoms with van der Waals surface area (Å²) in [4.78, 5) is 12.9. The van der Waals surface area contributed by atoms with Gasteiger partial charge in [0.1, 0.15) is 30.5 Å². The van der Waals surface area contributed by atoms with Gasteiger partial charge < -0.3 is 34.3 Å². The van der Waals surface area contributed by atoms with E-state index in [-0.39, 0.29) is 19.6 Å². The first-order valence-electron chi connectivity index (χ1n) is 24.4. The van der Waals surface area contributed by atoms with Crippen LogP contribution in [-0.4, -0.2) is 97.5 Å². The van der Waals surface area contributed by atoms with Crippen molar-refractivity contribution in [2.75, 3.05) is 26.4 Å². The molecule has 0 amide bonds. The van der Waals surface area contributed by atoms with E-state index in [9.17, 15) is 33.1 Å². The summed E-state index contributed by atoms with van der Waals surface area (Å²) in [6.45, 7) is 3.86. The van der Waals surface area contributed by atoms with Gasteiger partial charge in [-0.25, -0.2) is 4.18 Å². The van der Waals surface area contributed by atoms with Gasteiger partial charge in [0, 0.05) is 13.0 Å². The molecular formula is C49H88O12S. The van der Waals surface area contributed by atoms with Gasteiger partial charge >= 0.3 is 16.4 Å². The van der Waals surface area contributed by atoms with Crippen molar-refractivity contribution in [3.05, 3.63) is 48.6 Å². The molecule has 6 unspecified atom stereocenters. The van der Waals surface area contributed by atoms with Crippen molar-refractivity contribution in [1.82, 2.24) is 0 Å². The Balaban J connectivity index is 2.40. The summed E-state index contributed by atoms with van der Waals surface area (Å²) in [7, 11) is -5.07. The molecule has 0 aromatic rings. The summed E-state index contributed by atoms with van der Waals surface area (Å²) >= 11 is 0. The van der Waals surface area contributed by atoms with E-state index in [1.54, 1.807) is 0 Å². The summed E-state index contributed by atoms with van der Waals surface area (Å²) in [6, 6.07) is 0. The lowest BCUT2D eigenvalue weighted by Gasteiger charge is -2.41. The first-order valence-corrected chi connectivity index (χ1v) is 25.8. The minimum absolute atomic E-state index is 0.0286. The quantitative estimate of drug-likeness (QED) is 0.0198. The molecule has 12 nitrogen and oxygen atoms in total. The number of aliphatic hydroxyl groups excluding tert-OH is 3. The van der Waals surface area contributed by atoms with Crippen LogP contribution < -0.4 is 0 Å². The lowest BCUT2D eigenvalue weighted by atomic mass is 9.99. The fraction of sp³-hybridized carbons (Fsp3) is 0.816. The van der Waals surface area contributed by atoms with E-state index in [4.69, 9.17) is 18.9 Å².